The van der Waals surface area contributed by atoms with E-state index < -0.39 is 28.5 Å². The molecule has 166 valence electrons. The number of carbonyl (C=O) groups is 2. The van der Waals surface area contributed by atoms with Crippen LogP contribution in [-0.4, -0.2) is 46.2 Å². The summed E-state index contributed by atoms with van der Waals surface area (Å²) >= 11 is 0. The van der Waals surface area contributed by atoms with Gasteiger partial charge in [-0.3, -0.25) is 9.52 Å². The van der Waals surface area contributed by atoms with E-state index >= 15 is 0 Å². The second kappa shape index (κ2) is 9.93. The van der Waals surface area contributed by atoms with Crippen LogP contribution in [0.4, 0.5) is 5.69 Å². The summed E-state index contributed by atoms with van der Waals surface area (Å²) in [5.41, 5.74) is 1.86. The minimum absolute atomic E-state index is 0.00887. The first-order chi connectivity index (χ1) is 14.7. The summed E-state index contributed by atoms with van der Waals surface area (Å²) in [5.74, 6) is -1.22. The number of carbonyl (C=O) groups excluding carboxylic acids is 2. The van der Waals surface area contributed by atoms with Crippen molar-refractivity contribution in [3.05, 3.63) is 59.2 Å². The topological polar surface area (TPSA) is 111 Å². The molecule has 31 heavy (non-hydrogen) atoms. The van der Waals surface area contributed by atoms with Crippen LogP contribution in [0.3, 0.4) is 0 Å². The van der Waals surface area contributed by atoms with Gasteiger partial charge in [0, 0.05) is 18.8 Å². The maximum Gasteiger partial charge on any atom is 0.338 e. The van der Waals surface area contributed by atoms with Crippen LogP contribution in [0.2, 0.25) is 0 Å². The van der Waals surface area contributed by atoms with Crippen molar-refractivity contribution in [1.82, 2.24) is 5.32 Å². The van der Waals surface area contributed by atoms with E-state index in [4.69, 9.17) is 9.47 Å². The summed E-state index contributed by atoms with van der Waals surface area (Å²) in [6, 6.07) is 11.2. The van der Waals surface area contributed by atoms with Gasteiger partial charge in [-0.25, -0.2) is 13.2 Å². The van der Waals surface area contributed by atoms with Gasteiger partial charge >= 0.3 is 5.97 Å². The minimum atomic E-state index is -3.92. The van der Waals surface area contributed by atoms with Crippen molar-refractivity contribution in [3.63, 3.8) is 0 Å². The summed E-state index contributed by atoms with van der Waals surface area (Å²) < 4.78 is 38.7. The molecule has 0 aliphatic carbocycles. The second-order valence-corrected chi connectivity index (χ2v) is 9.12. The zero-order chi connectivity index (χ0) is 22.4. The number of nitrogens with one attached hydrogen (secondary N) is 2. The van der Waals surface area contributed by atoms with Crippen molar-refractivity contribution in [2.75, 3.05) is 24.5 Å². The molecule has 0 bridgehead atoms. The summed E-state index contributed by atoms with van der Waals surface area (Å²) in [7, 11) is -3.92. The number of sulfonamides is 1. The maximum atomic E-state index is 12.8. The minimum Gasteiger partial charge on any atom is -0.452 e. The summed E-state index contributed by atoms with van der Waals surface area (Å²) in [6.07, 6.45) is 1.84. The van der Waals surface area contributed by atoms with Gasteiger partial charge in [-0.2, -0.15) is 0 Å². The maximum absolute atomic E-state index is 12.8. The zero-order valence-electron chi connectivity index (χ0n) is 17.5. The SMILES string of the molecule is Cc1cccc(NS(=O)(=O)c2cc(C(=O)OCC(=O)NCC3CCCO3)ccc2C)c1. The Labute approximate surface area is 182 Å². The smallest absolute Gasteiger partial charge is 0.338 e. The normalized spacial score (nSPS) is 16.0. The molecule has 1 heterocycles. The summed E-state index contributed by atoms with van der Waals surface area (Å²) in [4.78, 5) is 24.2. The first-order valence-electron chi connectivity index (χ1n) is 10.0. The fourth-order valence-corrected chi connectivity index (χ4v) is 4.55. The van der Waals surface area contributed by atoms with Gasteiger partial charge < -0.3 is 14.8 Å². The van der Waals surface area contributed by atoms with E-state index in [0.29, 0.717) is 24.4 Å². The first-order valence-corrected chi connectivity index (χ1v) is 11.5. The van der Waals surface area contributed by atoms with E-state index in [1.165, 1.54) is 18.2 Å². The molecule has 0 spiro atoms. The largest absolute Gasteiger partial charge is 0.452 e. The lowest BCUT2D eigenvalue weighted by Gasteiger charge is -2.13. The lowest BCUT2D eigenvalue weighted by molar-refractivity contribution is -0.124. The number of esters is 1. The van der Waals surface area contributed by atoms with Crippen molar-refractivity contribution in [2.24, 2.45) is 0 Å². The molecule has 1 amide bonds. The lowest BCUT2D eigenvalue weighted by atomic mass is 10.1. The van der Waals surface area contributed by atoms with Crippen LogP contribution >= 0.6 is 0 Å². The Hall–Kier alpha value is -2.91. The molecule has 1 fully saturated rings. The van der Waals surface area contributed by atoms with Gasteiger partial charge in [0.15, 0.2) is 6.61 Å². The van der Waals surface area contributed by atoms with E-state index in [1.807, 2.05) is 13.0 Å². The van der Waals surface area contributed by atoms with Crippen LogP contribution in [-0.2, 0) is 24.3 Å². The number of aryl methyl sites for hydroxylation is 2. The van der Waals surface area contributed by atoms with Crippen LogP contribution in [0.1, 0.15) is 34.3 Å². The number of rotatable bonds is 8. The van der Waals surface area contributed by atoms with E-state index in [9.17, 15) is 18.0 Å². The van der Waals surface area contributed by atoms with Gasteiger partial charge in [0.05, 0.1) is 16.6 Å². The Bertz CT molecular complexity index is 1060. The quantitative estimate of drug-likeness (QED) is 0.603. The van der Waals surface area contributed by atoms with Crippen molar-refractivity contribution < 1.29 is 27.5 Å². The Morgan fingerprint density at radius 2 is 1.97 bits per heavy atom. The highest BCUT2D eigenvalue weighted by atomic mass is 32.2. The van der Waals surface area contributed by atoms with Crippen molar-refractivity contribution in [2.45, 2.75) is 37.7 Å². The first kappa shape index (κ1) is 22.8. The fraction of sp³-hybridized carbons (Fsp3) is 0.364. The molecule has 1 unspecified atom stereocenters. The number of ether oxygens (including phenoxy) is 2. The van der Waals surface area contributed by atoms with Crippen LogP contribution in [0, 0.1) is 13.8 Å². The molecule has 3 rings (SSSR count). The average molecular weight is 447 g/mol. The van der Waals surface area contributed by atoms with Gasteiger partial charge in [-0.15, -0.1) is 0 Å². The lowest BCUT2D eigenvalue weighted by Crippen LogP contribution is -2.34. The highest BCUT2D eigenvalue weighted by Gasteiger charge is 2.21. The number of anilines is 1. The van der Waals surface area contributed by atoms with E-state index in [-0.39, 0.29) is 16.6 Å². The highest BCUT2D eigenvalue weighted by Crippen LogP contribution is 2.22. The average Bonchev–Trinajstić information content (AvgIpc) is 3.24. The standard InChI is InChI=1S/C22H26N2O6S/c1-15-5-3-6-18(11-15)24-31(27,28)20-12-17(9-8-16(20)2)22(26)30-14-21(25)23-13-19-7-4-10-29-19/h3,5-6,8-9,11-12,19,24H,4,7,10,13-14H2,1-2H3,(H,23,25). The van der Waals surface area contributed by atoms with E-state index in [1.54, 1.807) is 25.1 Å². The van der Waals surface area contributed by atoms with Gasteiger partial charge in [-0.05, 0) is 62.1 Å². The Balaban J connectivity index is 1.63. The number of hydrogen-bond acceptors (Lipinski definition) is 6. The van der Waals surface area contributed by atoms with Crippen molar-refractivity contribution in [1.29, 1.82) is 0 Å². The number of amides is 1. The number of hydrogen-bond donors (Lipinski definition) is 2. The molecule has 0 aromatic heterocycles. The molecule has 1 aliphatic heterocycles. The van der Waals surface area contributed by atoms with Crippen molar-refractivity contribution in [3.8, 4) is 0 Å². The fourth-order valence-electron chi connectivity index (χ4n) is 3.23. The molecule has 2 aromatic carbocycles. The molecule has 8 nitrogen and oxygen atoms in total. The van der Waals surface area contributed by atoms with E-state index in [0.717, 1.165) is 18.4 Å². The van der Waals surface area contributed by atoms with Crippen LogP contribution in [0.5, 0.6) is 0 Å². The van der Waals surface area contributed by atoms with Gasteiger partial charge in [0.25, 0.3) is 15.9 Å². The third kappa shape index (κ3) is 6.28. The Kier molecular flexibility index (Phi) is 7.29. The molecule has 1 saturated heterocycles. The third-order valence-corrected chi connectivity index (χ3v) is 6.39. The summed E-state index contributed by atoms with van der Waals surface area (Å²) in [6.45, 7) is 4.10. The van der Waals surface area contributed by atoms with Gasteiger partial charge in [0.1, 0.15) is 0 Å². The molecular weight excluding hydrogens is 420 g/mol. The predicted molar refractivity (Wildman–Crippen MR) is 115 cm³/mol. The van der Waals surface area contributed by atoms with E-state index in [2.05, 4.69) is 10.0 Å². The van der Waals surface area contributed by atoms with Crippen LogP contribution in [0.15, 0.2) is 47.4 Å². The molecule has 1 aliphatic rings. The molecular formula is C22H26N2O6S. The molecule has 2 aromatic rings. The zero-order valence-corrected chi connectivity index (χ0v) is 18.3. The van der Waals surface area contributed by atoms with Crippen LogP contribution < -0.4 is 10.0 Å². The van der Waals surface area contributed by atoms with Crippen molar-refractivity contribution >= 4 is 27.6 Å². The van der Waals surface area contributed by atoms with Crippen LogP contribution in [0.25, 0.3) is 0 Å². The summed E-state index contributed by atoms with van der Waals surface area (Å²) in [5, 5.41) is 2.66. The Morgan fingerprint density at radius 1 is 1.16 bits per heavy atom. The molecule has 9 heteroatoms. The second-order valence-electron chi connectivity index (χ2n) is 7.47. The monoisotopic (exact) mass is 446 g/mol. The predicted octanol–water partition coefficient (Wildman–Crippen LogP) is 2.56. The highest BCUT2D eigenvalue weighted by molar-refractivity contribution is 7.92. The Morgan fingerprint density at radius 3 is 2.68 bits per heavy atom. The molecule has 1 atom stereocenters. The van der Waals surface area contributed by atoms with Gasteiger partial charge in [-0.1, -0.05) is 18.2 Å². The molecule has 2 N–H and O–H groups in total. The molecule has 0 radical (unpaired) electrons. The number of benzene rings is 2. The van der Waals surface area contributed by atoms with Gasteiger partial charge in [0.2, 0.25) is 0 Å². The third-order valence-electron chi connectivity index (χ3n) is 4.87. The molecule has 0 saturated carbocycles.